The first-order valence-electron chi connectivity index (χ1n) is 10.1. The van der Waals surface area contributed by atoms with E-state index in [0.717, 1.165) is 42.6 Å². The minimum atomic E-state index is -1.07. The molecule has 1 aromatic rings. The van der Waals surface area contributed by atoms with Gasteiger partial charge in [0.05, 0.1) is 0 Å². The highest BCUT2D eigenvalue weighted by molar-refractivity contribution is 6.09. The van der Waals surface area contributed by atoms with E-state index in [0.29, 0.717) is 19.5 Å². The van der Waals surface area contributed by atoms with Gasteiger partial charge in [0.1, 0.15) is 12.1 Å². The standard InChI is InChI=1S/C21H29N3O3/c1-2-13-21(17-11-7-6-8-12-17)19(26)24(20(27)22-21)16-18(25)23-14-9-4-3-5-10-15-23/h6-8,11-12H,2-5,9-10,13-16H2,1H3,(H,22,27). The summed E-state index contributed by atoms with van der Waals surface area (Å²) in [6.07, 6.45) is 6.68. The zero-order valence-corrected chi connectivity index (χ0v) is 16.1. The normalized spacial score (nSPS) is 23.7. The van der Waals surface area contributed by atoms with E-state index < -0.39 is 11.6 Å². The molecule has 1 atom stereocenters. The van der Waals surface area contributed by atoms with Gasteiger partial charge in [0.25, 0.3) is 5.91 Å². The van der Waals surface area contributed by atoms with Gasteiger partial charge < -0.3 is 10.2 Å². The van der Waals surface area contributed by atoms with Gasteiger partial charge in [0.15, 0.2) is 0 Å². The van der Waals surface area contributed by atoms with Crippen molar-refractivity contribution >= 4 is 17.8 Å². The van der Waals surface area contributed by atoms with Crippen molar-refractivity contribution in [2.24, 2.45) is 0 Å². The Labute approximate surface area is 160 Å². The molecule has 1 aromatic carbocycles. The van der Waals surface area contributed by atoms with Crippen molar-refractivity contribution in [1.29, 1.82) is 0 Å². The minimum Gasteiger partial charge on any atom is -0.341 e. The lowest BCUT2D eigenvalue weighted by molar-refractivity contribution is -0.139. The summed E-state index contributed by atoms with van der Waals surface area (Å²) in [5.74, 6) is -0.457. The summed E-state index contributed by atoms with van der Waals surface area (Å²) in [5.41, 5.74) is -0.296. The summed E-state index contributed by atoms with van der Waals surface area (Å²) in [6.45, 7) is 3.23. The van der Waals surface area contributed by atoms with E-state index in [-0.39, 0.29) is 18.4 Å². The highest BCUT2D eigenvalue weighted by Gasteiger charge is 2.52. The summed E-state index contributed by atoms with van der Waals surface area (Å²) >= 11 is 0. The molecule has 2 saturated heterocycles. The fraction of sp³-hybridized carbons (Fsp3) is 0.571. The summed E-state index contributed by atoms with van der Waals surface area (Å²) < 4.78 is 0. The lowest BCUT2D eigenvalue weighted by Gasteiger charge is -2.28. The molecule has 1 unspecified atom stereocenters. The summed E-state index contributed by atoms with van der Waals surface area (Å²) in [5, 5.41) is 2.88. The van der Waals surface area contributed by atoms with E-state index in [2.05, 4.69) is 5.32 Å². The second-order valence-corrected chi connectivity index (χ2v) is 7.49. The van der Waals surface area contributed by atoms with Crippen LogP contribution in [0.25, 0.3) is 0 Å². The highest BCUT2D eigenvalue weighted by atomic mass is 16.2. The van der Waals surface area contributed by atoms with Crippen molar-refractivity contribution in [1.82, 2.24) is 15.1 Å². The van der Waals surface area contributed by atoms with Crippen LogP contribution in [0.3, 0.4) is 0 Å². The second-order valence-electron chi connectivity index (χ2n) is 7.49. The van der Waals surface area contributed by atoms with Crippen LogP contribution in [0.15, 0.2) is 30.3 Å². The molecule has 2 aliphatic rings. The SMILES string of the molecule is CCCC1(c2ccccc2)NC(=O)N(CC(=O)N2CCCCCCC2)C1=O. The molecule has 0 aromatic heterocycles. The van der Waals surface area contributed by atoms with Crippen LogP contribution < -0.4 is 5.32 Å². The maximum absolute atomic E-state index is 13.2. The predicted octanol–water partition coefficient (Wildman–Crippen LogP) is 3.03. The summed E-state index contributed by atoms with van der Waals surface area (Å²) in [6, 6.07) is 8.85. The molecule has 27 heavy (non-hydrogen) atoms. The Morgan fingerprint density at radius 1 is 1.04 bits per heavy atom. The number of rotatable bonds is 5. The Bertz CT molecular complexity index is 683. The van der Waals surface area contributed by atoms with E-state index in [1.807, 2.05) is 42.2 Å². The third-order valence-corrected chi connectivity index (χ3v) is 5.57. The first kappa shape index (κ1) is 19.4. The Hall–Kier alpha value is -2.37. The molecule has 146 valence electrons. The van der Waals surface area contributed by atoms with Crippen molar-refractivity contribution in [3.8, 4) is 0 Å². The molecule has 2 aliphatic heterocycles. The van der Waals surface area contributed by atoms with Crippen LogP contribution in [0, 0.1) is 0 Å². The number of imide groups is 1. The van der Waals surface area contributed by atoms with E-state index in [4.69, 9.17) is 0 Å². The van der Waals surface area contributed by atoms with Gasteiger partial charge >= 0.3 is 6.03 Å². The average Bonchev–Trinajstić information content (AvgIpc) is 2.87. The molecule has 0 saturated carbocycles. The number of carbonyl (C=O) groups excluding carboxylic acids is 3. The van der Waals surface area contributed by atoms with Crippen LogP contribution >= 0.6 is 0 Å². The Balaban J connectivity index is 1.77. The molecule has 0 bridgehead atoms. The second kappa shape index (κ2) is 8.55. The fourth-order valence-corrected chi connectivity index (χ4v) is 4.11. The lowest BCUT2D eigenvalue weighted by Crippen LogP contribution is -2.46. The maximum atomic E-state index is 13.2. The quantitative estimate of drug-likeness (QED) is 0.809. The summed E-state index contributed by atoms with van der Waals surface area (Å²) in [7, 11) is 0. The van der Waals surface area contributed by atoms with E-state index >= 15 is 0 Å². The minimum absolute atomic E-state index is 0.138. The van der Waals surface area contributed by atoms with Crippen LogP contribution in [0.1, 0.15) is 57.4 Å². The van der Waals surface area contributed by atoms with Gasteiger partial charge in [-0.1, -0.05) is 62.9 Å². The molecule has 2 fully saturated rings. The number of benzene rings is 1. The fourth-order valence-electron chi connectivity index (χ4n) is 4.11. The highest BCUT2D eigenvalue weighted by Crippen LogP contribution is 2.33. The summed E-state index contributed by atoms with van der Waals surface area (Å²) in [4.78, 5) is 41.5. The van der Waals surface area contributed by atoms with Gasteiger partial charge in [-0.2, -0.15) is 0 Å². The van der Waals surface area contributed by atoms with Gasteiger partial charge in [-0.15, -0.1) is 0 Å². The van der Waals surface area contributed by atoms with Crippen LogP contribution in [0.4, 0.5) is 4.79 Å². The van der Waals surface area contributed by atoms with E-state index in [1.165, 1.54) is 6.42 Å². The van der Waals surface area contributed by atoms with Gasteiger partial charge in [0.2, 0.25) is 5.91 Å². The number of nitrogens with zero attached hydrogens (tertiary/aromatic N) is 2. The van der Waals surface area contributed by atoms with Gasteiger partial charge in [0, 0.05) is 13.1 Å². The monoisotopic (exact) mass is 371 g/mol. The molecule has 6 heteroatoms. The smallest absolute Gasteiger partial charge is 0.325 e. The van der Waals surface area contributed by atoms with Gasteiger partial charge in [-0.05, 0) is 24.8 Å². The molecule has 4 amide bonds. The first-order valence-corrected chi connectivity index (χ1v) is 10.1. The molecular weight excluding hydrogens is 342 g/mol. The lowest BCUT2D eigenvalue weighted by atomic mass is 9.85. The van der Waals surface area contributed by atoms with Crippen LogP contribution in [-0.4, -0.2) is 47.3 Å². The van der Waals surface area contributed by atoms with Gasteiger partial charge in [-0.25, -0.2) is 4.79 Å². The number of likely N-dealkylation sites (tertiary alicyclic amines) is 1. The van der Waals surface area contributed by atoms with E-state index in [9.17, 15) is 14.4 Å². The molecule has 0 spiro atoms. The molecule has 3 rings (SSSR count). The average molecular weight is 371 g/mol. The number of amides is 4. The zero-order chi connectivity index (χ0) is 19.3. The third-order valence-electron chi connectivity index (χ3n) is 5.57. The largest absolute Gasteiger partial charge is 0.341 e. The van der Waals surface area contributed by atoms with Crippen molar-refractivity contribution in [2.75, 3.05) is 19.6 Å². The van der Waals surface area contributed by atoms with Crippen molar-refractivity contribution in [3.05, 3.63) is 35.9 Å². The molecule has 1 N–H and O–H groups in total. The van der Waals surface area contributed by atoms with Crippen LogP contribution in [0.5, 0.6) is 0 Å². The van der Waals surface area contributed by atoms with Crippen LogP contribution in [-0.2, 0) is 15.1 Å². The van der Waals surface area contributed by atoms with Crippen molar-refractivity contribution < 1.29 is 14.4 Å². The maximum Gasteiger partial charge on any atom is 0.325 e. The third kappa shape index (κ3) is 3.99. The predicted molar refractivity (Wildman–Crippen MR) is 103 cm³/mol. The number of nitrogens with one attached hydrogen (secondary N) is 1. The number of hydrogen-bond donors (Lipinski definition) is 1. The Morgan fingerprint density at radius 2 is 1.67 bits per heavy atom. The molecule has 6 nitrogen and oxygen atoms in total. The van der Waals surface area contributed by atoms with Gasteiger partial charge in [-0.3, -0.25) is 14.5 Å². The van der Waals surface area contributed by atoms with E-state index in [1.54, 1.807) is 0 Å². The van der Waals surface area contributed by atoms with Crippen molar-refractivity contribution in [3.63, 3.8) is 0 Å². The number of urea groups is 1. The molecule has 2 heterocycles. The number of carbonyl (C=O) groups is 3. The molecule has 0 radical (unpaired) electrons. The Morgan fingerprint density at radius 3 is 2.30 bits per heavy atom. The Kier molecular flexibility index (Phi) is 6.14. The zero-order valence-electron chi connectivity index (χ0n) is 16.1. The molecule has 0 aliphatic carbocycles. The van der Waals surface area contributed by atoms with Crippen molar-refractivity contribution in [2.45, 2.75) is 57.4 Å². The first-order chi connectivity index (χ1) is 13.1. The number of hydrogen-bond acceptors (Lipinski definition) is 3. The van der Waals surface area contributed by atoms with Crippen LogP contribution in [0.2, 0.25) is 0 Å². The topological polar surface area (TPSA) is 69.7 Å². The molecular formula is C21H29N3O3.